The minimum atomic E-state index is -0.117. The van der Waals surface area contributed by atoms with Crippen LogP contribution in [0.1, 0.15) is 19.4 Å². The van der Waals surface area contributed by atoms with Crippen LogP contribution >= 0.6 is 12.2 Å². The molecular formula is C16H24FN3S. The molecule has 0 aromatic heterocycles. The lowest BCUT2D eigenvalue weighted by Crippen LogP contribution is -2.51. The largest absolute Gasteiger partial charge is 0.362 e. The van der Waals surface area contributed by atoms with E-state index in [-0.39, 0.29) is 5.82 Å². The average Bonchev–Trinajstić information content (AvgIpc) is 2.48. The molecule has 0 unspecified atom stereocenters. The highest BCUT2D eigenvalue weighted by atomic mass is 32.1. The molecule has 1 aromatic carbocycles. The minimum Gasteiger partial charge on any atom is -0.362 e. The van der Waals surface area contributed by atoms with Gasteiger partial charge in [0, 0.05) is 44.8 Å². The monoisotopic (exact) mass is 309 g/mol. The number of hydrogen-bond donors (Lipinski definition) is 1. The molecule has 21 heavy (non-hydrogen) atoms. The van der Waals surface area contributed by atoms with Gasteiger partial charge in [0.25, 0.3) is 0 Å². The van der Waals surface area contributed by atoms with Gasteiger partial charge in [-0.2, -0.15) is 0 Å². The number of benzene rings is 1. The standard InChI is InChI=1S/C16H24FN3S/c1-13(2)11-18-16(21)20-9-7-19(8-10-20)12-14-5-3-4-6-15(14)17/h3-6,13H,7-12H2,1-2H3,(H,18,21). The smallest absolute Gasteiger partial charge is 0.169 e. The van der Waals surface area contributed by atoms with E-state index in [9.17, 15) is 4.39 Å². The van der Waals surface area contributed by atoms with Gasteiger partial charge in [0.05, 0.1) is 0 Å². The second kappa shape index (κ2) is 7.71. The molecule has 0 amide bonds. The first-order chi connectivity index (χ1) is 10.1. The molecule has 5 heteroatoms. The predicted octanol–water partition coefficient (Wildman–Crippen LogP) is 2.47. The molecule has 2 rings (SSSR count). The molecule has 0 aliphatic carbocycles. The minimum absolute atomic E-state index is 0.117. The molecule has 3 nitrogen and oxygen atoms in total. The van der Waals surface area contributed by atoms with Gasteiger partial charge in [0.2, 0.25) is 0 Å². The van der Waals surface area contributed by atoms with Crippen molar-refractivity contribution in [3.05, 3.63) is 35.6 Å². The molecule has 0 saturated carbocycles. The second-order valence-electron chi connectivity index (χ2n) is 5.93. The first kappa shape index (κ1) is 16.2. The van der Waals surface area contributed by atoms with E-state index in [0.29, 0.717) is 12.5 Å². The topological polar surface area (TPSA) is 18.5 Å². The molecule has 0 atom stereocenters. The van der Waals surface area contributed by atoms with Crippen molar-refractivity contribution in [2.45, 2.75) is 20.4 Å². The van der Waals surface area contributed by atoms with Gasteiger partial charge in [-0.1, -0.05) is 32.0 Å². The van der Waals surface area contributed by atoms with Crippen LogP contribution in [0.5, 0.6) is 0 Å². The molecule has 1 aliphatic heterocycles. The fourth-order valence-corrected chi connectivity index (χ4v) is 2.65. The lowest BCUT2D eigenvalue weighted by molar-refractivity contribution is 0.172. The van der Waals surface area contributed by atoms with Crippen LogP contribution in [0, 0.1) is 11.7 Å². The highest BCUT2D eigenvalue weighted by Gasteiger charge is 2.19. The summed E-state index contributed by atoms with van der Waals surface area (Å²) in [5, 5.41) is 4.15. The molecule has 1 N–H and O–H groups in total. The maximum absolute atomic E-state index is 13.7. The van der Waals surface area contributed by atoms with Crippen molar-refractivity contribution in [2.75, 3.05) is 32.7 Å². The average molecular weight is 309 g/mol. The van der Waals surface area contributed by atoms with Crippen LogP contribution in [-0.4, -0.2) is 47.6 Å². The lowest BCUT2D eigenvalue weighted by Gasteiger charge is -2.36. The zero-order chi connectivity index (χ0) is 15.2. The Morgan fingerprint density at radius 3 is 2.52 bits per heavy atom. The van der Waals surface area contributed by atoms with E-state index in [4.69, 9.17) is 12.2 Å². The number of nitrogens with zero attached hydrogens (tertiary/aromatic N) is 2. The Balaban J connectivity index is 1.78. The van der Waals surface area contributed by atoms with E-state index in [1.807, 2.05) is 12.1 Å². The first-order valence-corrected chi connectivity index (χ1v) is 7.95. The van der Waals surface area contributed by atoms with E-state index in [1.54, 1.807) is 6.07 Å². The van der Waals surface area contributed by atoms with Gasteiger partial charge in [-0.25, -0.2) is 4.39 Å². The van der Waals surface area contributed by atoms with E-state index >= 15 is 0 Å². The maximum atomic E-state index is 13.7. The number of piperazine rings is 1. The number of thiocarbonyl (C=S) groups is 1. The molecule has 1 aromatic rings. The Morgan fingerprint density at radius 1 is 1.24 bits per heavy atom. The second-order valence-corrected chi connectivity index (χ2v) is 6.32. The third-order valence-electron chi connectivity index (χ3n) is 3.67. The normalized spacial score (nSPS) is 16.3. The van der Waals surface area contributed by atoms with Crippen LogP contribution in [0.3, 0.4) is 0 Å². The SMILES string of the molecule is CC(C)CNC(=S)N1CCN(Cc2ccccc2F)CC1. The molecule has 116 valence electrons. The molecule has 0 radical (unpaired) electrons. The summed E-state index contributed by atoms with van der Waals surface area (Å²) < 4.78 is 13.7. The number of hydrogen-bond acceptors (Lipinski definition) is 2. The maximum Gasteiger partial charge on any atom is 0.169 e. The summed E-state index contributed by atoms with van der Waals surface area (Å²) in [6, 6.07) is 7.00. The highest BCUT2D eigenvalue weighted by molar-refractivity contribution is 7.80. The summed E-state index contributed by atoms with van der Waals surface area (Å²) in [6.07, 6.45) is 0. The van der Waals surface area contributed by atoms with Gasteiger partial charge in [-0.15, -0.1) is 0 Å². The molecule has 0 spiro atoms. The summed E-state index contributed by atoms with van der Waals surface area (Å²) >= 11 is 5.42. The molecule has 0 bridgehead atoms. The van der Waals surface area contributed by atoms with Crippen LogP contribution < -0.4 is 5.32 Å². The van der Waals surface area contributed by atoms with Crippen LogP contribution in [0.4, 0.5) is 4.39 Å². The van der Waals surface area contributed by atoms with Gasteiger partial charge in [0.15, 0.2) is 5.11 Å². The predicted molar refractivity (Wildman–Crippen MR) is 88.7 cm³/mol. The van der Waals surface area contributed by atoms with Crippen molar-refractivity contribution >= 4 is 17.3 Å². The van der Waals surface area contributed by atoms with Gasteiger partial charge in [-0.3, -0.25) is 4.90 Å². The molecule has 1 saturated heterocycles. The van der Waals surface area contributed by atoms with Crippen LogP contribution in [0.15, 0.2) is 24.3 Å². The summed E-state index contributed by atoms with van der Waals surface area (Å²) in [7, 11) is 0. The van der Waals surface area contributed by atoms with Crippen LogP contribution in [-0.2, 0) is 6.54 Å². The fraction of sp³-hybridized carbons (Fsp3) is 0.562. The first-order valence-electron chi connectivity index (χ1n) is 7.55. The zero-order valence-corrected chi connectivity index (χ0v) is 13.6. The van der Waals surface area contributed by atoms with Crippen molar-refractivity contribution in [2.24, 2.45) is 5.92 Å². The van der Waals surface area contributed by atoms with Gasteiger partial charge in [-0.05, 0) is 24.2 Å². The van der Waals surface area contributed by atoms with Gasteiger partial charge in [0.1, 0.15) is 5.82 Å². The summed E-state index contributed by atoms with van der Waals surface area (Å²) in [4.78, 5) is 4.48. The number of nitrogens with one attached hydrogen (secondary N) is 1. The molecule has 1 aliphatic rings. The Hall–Kier alpha value is -1.20. The highest BCUT2D eigenvalue weighted by Crippen LogP contribution is 2.12. The van der Waals surface area contributed by atoms with Crippen molar-refractivity contribution in [1.82, 2.24) is 15.1 Å². The fourth-order valence-electron chi connectivity index (χ4n) is 2.38. The van der Waals surface area contributed by atoms with Crippen molar-refractivity contribution in [3.63, 3.8) is 0 Å². The molecular weight excluding hydrogens is 285 g/mol. The third kappa shape index (κ3) is 4.93. The molecule has 1 fully saturated rings. The molecule has 1 heterocycles. The van der Waals surface area contributed by atoms with E-state index in [1.165, 1.54) is 6.07 Å². The zero-order valence-electron chi connectivity index (χ0n) is 12.8. The number of halogens is 1. The van der Waals surface area contributed by atoms with Crippen LogP contribution in [0.2, 0.25) is 0 Å². The van der Waals surface area contributed by atoms with Crippen molar-refractivity contribution in [3.8, 4) is 0 Å². The van der Waals surface area contributed by atoms with E-state index in [2.05, 4.69) is 29.0 Å². The lowest BCUT2D eigenvalue weighted by atomic mass is 10.2. The Labute approximate surface area is 132 Å². The number of rotatable bonds is 4. The van der Waals surface area contributed by atoms with Crippen molar-refractivity contribution in [1.29, 1.82) is 0 Å². The summed E-state index contributed by atoms with van der Waals surface area (Å²) in [5.74, 6) is 0.472. The Bertz CT molecular complexity index is 470. The summed E-state index contributed by atoms with van der Waals surface area (Å²) in [6.45, 7) is 9.55. The Morgan fingerprint density at radius 2 is 1.90 bits per heavy atom. The van der Waals surface area contributed by atoms with Gasteiger partial charge < -0.3 is 10.2 Å². The quantitative estimate of drug-likeness (QED) is 0.861. The van der Waals surface area contributed by atoms with E-state index in [0.717, 1.165) is 43.4 Å². The van der Waals surface area contributed by atoms with E-state index < -0.39 is 0 Å². The van der Waals surface area contributed by atoms with Crippen molar-refractivity contribution < 1.29 is 4.39 Å². The van der Waals surface area contributed by atoms with Crippen LogP contribution in [0.25, 0.3) is 0 Å². The summed E-state index contributed by atoms with van der Waals surface area (Å²) in [5.41, 5.74) is 0.770. The third-order valence-corrected chi connectivity index (χ3v) is 4.08. The van der Waals surface area contributed by atoms with Gasteiger partial charge >= 0.3 is 0 Å². The Kier molecular flexibility index (Phi) is 5.94.